The molecule has 0 radical (unpaired) electrons. The number of nitrogens with zero attached hydrogens (tertiary/aromatic N) is 1. The van der Waals surface area contributed by atoms with E-state index in [4.69, 9.17) is 10.8 Å². The molecule has 0 fully saturated rings. The molecular formula is C11H6INO. The van der Waals surface area contributed by atoms with Crippen molar-refractivity contribution in [1.82, 2.24) is 4.98 Å². The zero-order chi connectivity index (χ0) is 9.97. The number of hydrogen-bond acceptors (Lipinski definition) is 2. The van der Waals surface area contributed by atoms with Crippen LogP contribution < -0.4 is 0 Å². The molecule has 2 nitrogen and oxygen atoms in total. The number of oxazole rings is 1. The third-order valence-corrected chi connectivity index (χ3v) is 2.48. The van der Waals surface area contributed by atoms with Crippen molar-refractivity contribution in [3.63, 3.8) is 0 Å². The Morgan fingerprint density at radius 3 is 2.57 bits per heavy atom. The van der Waals surface area contributed by atoms with Crippen molar-refractivity contribution in [3.05, 3.63) is 39.9 Å². The van der Waals surface area contributed by atoms with E-state index in [0.717, 1.165) is 15.0 Å². The summed E-state index contributed by atoms with van der Waals surface area (Å²) in [5.74, 6) is 3.44. The van der Waals surface area contributed by atoms with Gasteiger partial charge in [-0.3, -0.25) is 0 Å². The lowest BCUT2D eigenvalue weighted by Crippen LogP contribution is -1.76. The van der Waals surface area contributed by atoms with E-state index in [9.17, 15) is 0 Å². The van der Waals surface area contributed by atoms with Crippen LogP contribution in [0.4, 0.5) is 0 Å². The Morgan fingerprint density at radius 2 is 2.00 bits per heavy atom. The summed E-state index contributed by atoms with van der Waals surface area (Å²) in [6, 6.07) is 9.77. The lowest BCUT2D eigenvalue weighted by molar-refractivity contribution is 0.557. The maximum atomic E-state index is 5.39. The molecule has 2 aromatic rings. The van der Waals surface area contributed by atoms with Crippen LogP contribution in [0, 0.1) is 16.0 Å². The molecule has 1 aromatic heterocycles. The molecule has 0 aliphatic carbocycles. The molecule has 0 N–H and O–H groups in total. The third-order valence-electron chi connectivity index (χ3n) is 1.75. The van der Waals surface area contributed by atoms with Crippen LogP contribution in [0.5, 0.6) is 0 Å². The predicted molar refractivity (Wildman–Crippen MR) is 62.6 cm³/mol. The Bertz CT molecular complexity index is 482. The first-order valence-corrected chi connectivity index (χ1v) is 5.07. The standard InChI is InChI=1S/C11H6INO/c1-2-9-13-11(12)10(14-9)8-6-4-3-5-7-8/h1,3-7H. The van der Waals surface area contributed by atoms with Crippen molar-refractivity contribution < 1.29 is 4.42 Å². The van der Waals surface area contributed by atoms with E-state index < -0.39 is 0 Å². The van der Waals surface area contributed by atoms with Crippen LogP contribution in [0.25, 0.3) is 11.3 Å². The van der Waals surface area contributed by atoms with Gasteiger partial charge in [0.2, 0.25) is 0 Å². The molecule has 1 heterocycles. The highest BCUT2D eigenvalue weighted by molar-refractivity contribution is 14.1. The highest BCUT2D eigenvalue weighted by Crippen LogP contribution is 2.25. The average molecular weight is 295 g/mol. The van der Waals surface area contributed by atoms with Crippen LogP contribution in [0.1, 0.15) is 5.89 Å². The summed E-state index contributed by atoms with van der Waals surface area (Å²) in [7, 11) is 0. The topological polar surface area (TPSA) is 26.0 Å². The Kier molecular flexibility index (Phi) is 2.55. The van der Waals surface area contributed by atoms with Gasteiger partial charge in [0.15, 0.2) is 5.76 Å². The van der Waals surface area contributed by atoms with E-state index in [1.807, 2.05) is 30.3 Å². The van der Waals surface area contributed by atoms with Crippen molar-refractivity contribution in [3.8, 4) is 23.7 Å². The molecular weight excluding hydrogens is 289 g/mol. The van der Waals surface area contributed by atoms with Gasteiger partial charge < -0.3 is 4.42 Å². The first-order chi connectivity index (χ1) is 6.81. The molecule has 0 amide bonds. The average Bonchev–Trinajstić information content (AvgIpc) is 2.61. The maximum absolute atomic E-state index is 5.39. The number of terminal acetylenes is 1. The molecule has 0 unspecified atom stereocenters. The van der Waals surface area contributed by atoms with Gasteiger partial charge in [-0.1, -0.05) is 30.3 Å². The quantitative estimate of drug-likeness (QED) is 0.597. The Hall–Kier alpha value is -1.28. The largest absolute Gasteiger partial charge is 0.429 e. The van der Waals surface area contributed by atoms with Crippen LogP contribution in [-0.2, 0) is 0 Å². The number of halogens is 1. The second-order valence-corrected chi connectivity index (χ2v) is 3.67. The molecule has 0 aliphatic rings. The summed E-state index contributed by atoms with van der Waals surface area (Å²) < 4.78 is 6.19. The van der Waals surface area contributed by atoms with Crippen LogP contribution in [0.15, 0.2) is 34.7 Å². The van der Waals surface area contributed by atoms with Gasteiger partial charge in [-0.25, -0.2) is 0 Å². The number of benzene rings is 1. The molecule has 0 atom stereocenters. The van der Waals surface area contributed by atoms with Gasteiger partial charge in [0, 0.05) is 5.56 Å². The van der Waals surface area contributed by atoms with Crippen LogP contribution in [0.2, 0.25) is 0 Å². The third kappa shape index (κ3) is 1.66. The normalized spacial score (nSPS) is 9.71. The molecule has 14 heavy (non-hydrogen) atoms. The highest BCUT2D eigenvalue weighted by atomic mass is 127. The number of rotatable bonds is 1. The Morgan fingerprint density at radius 1 is 1.29 bits per heavy atom. The van der Waals surface area contributed by atoms with Gasteiger partial charge in [-0.15, -0.1) is 6.42 Å². The molecule has 0 aliphatic heterocycles. The fraction of sp³-hybridized carbons (Fsp3) is 0. The lowest BCUT2D eigenvalue weighted by atomic mass is 10.2. The molecule has 68 valence electrons. The van der Waals surface area contributed by atoms with Gasteiger partial charge in [-0.2, -0.15) is 4.98 Å². The molecule has 0 saturated heterocycles. The number of aromatic nitrogens is 1. The minimum atomic E-state index is 0.327. The van der Waals surface area contributed by atoms with E-state index >= 15 is 0 Å². The lowest BCUT2D eigenvalue weighted by Gasteiger charge is -1.94. The smallest absolute Gasteiger partial charge is 0.274 e. The predicted octanol–water partition coefficient (Wildman–Crippen LogP) is 2.93. The van der Waals surface area contributed by atoms with Gasteiger partial charge in [-0.05, 0) is 28.5 Å². The zero-order valence-electron chi connectivity index (χ0n) is 7.20. The first kappa shape index (κ1) is 9.28. The van der Waals surface area contributed by atoms with Crippen molar-refractivity contribution >= 4 is 22.6 Å². The summed E-state index contributed by atoms with van der Waals surface area (Å²) in [5, 5.41) is 0. The Labute approximate surface area is 95.5 Å². The van der Waals surface area contributed by atoms with Crippen LogP contribution >= 0.6 is 22.6 Å². The zero-order valence-corrected chi connectivity index (χ0v) is 9.36. The fourth-order valence-corrected chi connectivity index (χ4v) is 1.77. The van der Waals surface area contributed by atoms with Gasteiger partial charge in [0.25, 0.3) is 5.89 Å². The highest BCUT2D eigenvalue weighted by Gasteiger charge is 2.10. The molecule has 3 heteroatoms. The second-order valence-electron chi connectivity index (χ2n) is 2.65. The minimum Gasteiger partial charge on any atom is -0.429 e. The summed E-state index contributed by atoms with van der Waals surface area (Å²) in [6.07, 6.45) is 5.20. The summed E-state index contributed by atoms with van der Waals surface area (Å²) in [4.78, 5) is 4.09. The minimum absolute atomic E-state index is 0.327. The SMILES string of the molecule is C#Cc1nc(I)c(-c2ccccc2)o1. The molecule has 0 saturated carbocycles. The fourth-order valence-electron chi connectivity index (χ4n) is 1.13. The van der Waals surface area contributed by atoms with Gasteiger partial charge in [0.05, 0.1) is 0 Å². The molecule has 0 bridgehead atoms. The van der Waals surface area contributed by atoms with Crippen molar-refractivity contribution in [1.29, 1.82) is 0 Å². The monoisotopic (exact) mass is 295 g/mol. The second kappa shape index (κ2) is 3.84. The Balaban J connectivity index is 2.53. The molecule has 1 aromatic carbocycles. The van der Waals surface area contributed by atoms with E-state index in [1.54, 1.807) is 0 Å². The van der Waals surface area contributed by atoms with E-state index in [-0.39, 0.29) is 0 Å². The van der Waals surface area contributed by atoms with E-state index in [2.05, 4.69) is 33.5 Å². The van der Waals surface area contributed by atoms with E-state index in [1.165, 1.54) is 0 Å². The molecule has 2 rings (SSSR count). The van der Waals surface area contributed by atoms with Gasteiger partial charge >= 0.3 is 0 Å². The maximum Gasteiger partial charge on any atom is 0.274 e. The van der Waals surface area contributed by atoms with Crippen molar-refractivity contribution in [2.24, 2.45) is 0 Å². The van der Waals surface area contributed by atoms with Gasteiger partial charge in [0.1, 0.15) is 3.70 Å². The summed E-state index contributed by atoms with van der Waals surface area (Å²) in [5.41, 5.74) is 0.992. The summed E-state index contributed by atoms with van der Waals surface area (Å²) >= 11 is 2.11. The van der Waals surface area contributed by atoms with Crippen LogP contribution in [-0.4, -0.2) is 4.98 Å². The number of hydrogen-bond donors (Lipinski definition) is 0. The summed E-state index contributed by atoms with van der Waals surface area (Å²) in [6.45, 7) is 0. The first-order valence-electron chi connectivity index (χ1n) is 3.99. The van der Waals surface area contributed by atoms with Crippen LogP contribution in [0.3, 0.4) is 0 Å². The van der Waals surface area contributed by atoms with E-state index in [0.29, 0.717) is 5.89 Å². The van der Waals surface area contributed by atoms with Crippen molar-refractivity contribution in [2.45, 2.75) is 0 Å². The van der Waals surface area contributed by atoms with Crippen molar-refractivity contribution in [2.75, 3.05) is 0 Å². The molecule has 0 spiro atoms.